The number of hydrogen-bond donors (Lipinski definition) is 1. The summed E-state index contributed by atoms with van der Waals surface area (Å²) in [5, 5.41) is 8.70. The summed E-state index contributed by atoms with van der Waals surface area (Å²) in [5.41, 5.74) is 0.562. The zero-order valence-electron chi connectivity index (χ0n) is 16.0. The molecule has 0 unspecified atom stereocenters. The molecular formula is C22H12Cl2FNO5S. The second-order valence-electron chi connectivity index (χ2n) is 6.67. The third-order valence-corrected chi connectivity index (χ3v) is 6.21. The molecule has 0 radical (unpaired) electrons. The van der Waals surface area contributed by atoms with Gasteiger partial charge in [-0.15, -0.1) is 0 Å². The van der Waals surface area contributed by atoms with Gasteiger partial charge in [-0.05, 0) is 48.2 Å². The number of amides is 2. The summed E-state index contributed by atoms with van der Waals surface area (Å²) in [6, 6.07) is 11.7. The molecule has 162 valence electrons. The number of nitrogens with zero attached hydrogens (tertiary/aromatic N) is 1. The lowest BCUT2D eigenvalue weighted by Gasteiger charge is -2.14. The van der Waals surface area contributed by atoms with E-state index in [2.05, 4.69) is 0 Å². The highest BCUT2D eigenvalue weighted by atomic mass is 35.5. The molecule has 2 heterocycles. The van der Waals surface area contributed by atoms with Gasteiger partial charge >= 0.3 is 5.97 Å². The van der Waals surface area contributed by atoms with Gasteiger partial charge in [0.2, 0.25) is 0 Å². The number of carboxylic acid groups (broad SMARTS) is 1. The third-order valence-electron chi connectivity index (χ3n) is 4.64. The Labute approximate surface area is 195 Å². The average Bonchev–Trinajstić information content (AvgIpc) is 3.30. The van der Waals surface area contributed by atoms with Crippen molar-refractivity contribution in [3.05, 3.63) is 86.2 Å². The van der Waals surface area contributed by atoms with Gasteiger partial charge in [-0.1, -0.05) is 35.3 Å². The Morgan fingerprint density at radius 3 is 2.59 bits per heavy atom. The van der Waals surface area contributed by atoms with Crippen LogP contribution in [-0.2, 0) is 11.3 Å². The van der Waals surface area contributed by atoms with E-state index in [1.807, 2.05) is 0 Å². The Balaban J connectivity index is 1.56. The lowest BCUT2D eigenvalue weighted by molar-refractivity contribution is -0.123. The fraction of sp³-hybridized carbons (Fsp3) is 0.0455. The normalized spacial score (nSPS) is 15.1. The van der Waals surface area contributed by atoms with Gasteiger partial charge in [0.25, 0.3) is 11.1 Å². The SMILES string of the molecule is O=C(O)c1ccc(-c2ccc(/C=C3\SC(=O)N(Cc4c(F)cccc4Cl)C3=O)o2)cc1Cl. The van der Waals surface area contributed by atoms with Gasteiger partial charge < -0.3 is 9.52 Å². The number of carboxylic acids is 1. The minimum atomic E-state index is -1.14. The number of carbonyl (C=O) groups excluding carboxylic acids is 2. The van der Waals surface area contributed by atoms with Crippen LogP contribution >= 0.6 is 35.0 Å². The van der Waals surface area contributed by atoms with Crippen LogP contribution in [0.2, 0.25) is 10.0 Å². The molecule has 2 aromatic carbocycles. The number of imide groups is 1. The van der Waals surface area contributed by atoms with Crippen LogP contribution in [0.15, 0.2) is 57.9 Å². The molecule has 4 rings (SSSR count). The van der Waals surface area contributed by atoms with Crippen LogP contribution in [0, 0.1) is 5.82 Å². The highest BCUT2D eigenvalue weighted by Crippen LogP contribution is 2.35. The van der Waals surface area contributed by atoms with Gasteiger partial charge in [0.1, 0.15) is 17.3 Å². The summed E-state index contributed by atoms with van der Waals surface area (Å²) in [5.74, 6) is -1.65. The maximum absolute atomic E-state index is 14.1. The fourth-order valence-corrected chi connectivity index (χ4v) is 4.34. The van der Waals surface area contributed by atoms with E-state index in [1.54, 1.807) is 18.2 Å². The first-order chi connectivity index (χ1) is 15.2. The van der Waals surface area contributed by atoms with Crippen molar-refractivity contribution in [3.8, 4) is 11.3 Å². The number of rotatable bonds is 5. The number of furan rings is 1. The highest BCUT2D eigenvalue weighted by Gasteiger charge is 2.36. The topological polar surface area (TPSA) is 87.8 Å². The number of hydrogen-bond acceptors (Lipinski definition) is 5. The van der Waals surface area contributed by atoms with E-state index in [-0.39, 0.29) is 32.6 Å². The van der Waals surface area contributed by atoms with Crippen molar-refractivity contribution in [2.45, 2.75) is 6.54 Å². The van der Waals surface area contributed by atoms with Crippen LogP contribution in [0.1, 0.15) is 21.7 Å². The first-order valence-electron chi connectivity index (χ1n) is 9.06. The minimum Gasteiger partial charge on any atom is -0.478 e. The number of thioether (sulfide) groups is 1. The van der Waals surface area contributed by atoms with Crippen LogP contribution in [0.25, 0.3) is 17.4 Å². The zero-order valence-corrected chi connectivity index (χ0v) is 18.3. The Hall–Kier alpha value is -3.07. The van der Waals surface area contributed by atoms with Crippen LogP contribution in [0.4, 0.5) is 9.18 Å². The molecule has 0 spiro atoms. The zero-order chi connectivity index (χ0) is 23.0. The molecular weight excluding hydrogens is 480 g/mol. The summed E-state index contributed by atoms with van der Waals surface area (Å²) in [6.45, 7) is -0.286. The van der Waals surface area contributed by atoms with Gasteiger partial charge in [0.15, 0.2) is 0 Å². The monoisotopic (exact) mass is 491 g/mol. The van der Waals surface area contributed by atoms with Crippen molar-refractivity contribution in [1.82, 2.24) is 4.90 Å². The Bertz CT molecular complexity index is 1280. The predicted octanol–water partition coefficient (Wildman–Crippen LogP) is 6.33. The van der Waals surface area contributed by atoms with Gasteiger partial charge in [0, 0.05) is 22.2 Å². The molecule has 0 atom stereocenters. The molecule has 1 fully saturated rings. The van der Waals surface area contributed by atoms with Crippen molar-refractivity contribution >= 4 is 58.2 Å². The van der Waals surface area contributed by atoms with Crippen molar-refractivity contribution < 1.29 is 28.3 Å². The van der Waals surface area contributed by atoms with E-state index in [0.717, 1.165) is 4.90 Å². The van der Waals surface area contributed by atoms with E-state index in [4.69, 9.17) is 32.7 Å². The Morgan fingerprint density at radius 1 is 1.12 bits per heavy atom. The summed E-state index contributed by atoms with van der Waals surface area (Å²) in [7, 11) is 0. The molecule has 32 heavy (non-hydrogen) atoms. The molecule has 1 aliphatic heterocycles. The minimum absolute atomic E-state index is 0.0363. The molecule has 0 aliphatic carbocycles. The largest absolute Gasteiger partial charge is 0.478 e. The molecule has 2 amide bonds. The highest BCUT2D eigenvalue weighted by molar-refractivity contribution is 8.18. The second-order valence-corrected chi connectivity index (χ2v) is 8.48. The van der Waals surface area contributed by atoms with E-state index in [1.165, 1.54) is 36.4 Å². The van der Waals surface area contributed by atoms with Gasteiger partial charge in [0.05, 0.1) is 22.0 Å². The van der Waals surface area contributed by atoms with Crippen molar-refractivity contribution in [1.29, 1.82) is 0 Å². The summed E-state index contributed by atoms with van der Waals surface area (Å²) < 4.78 is 19.8. The molecule has 1 aliphatic rings. The maximum Gasteiger partial charge on any atom is 0.337 e. The van der Waals surface area contributed by atoms with Crippen molar-refractivity contribution in [2.24, 2.45) is 0 Å². The van der Waals surface area contributed by atoms with E-state index in [9.17, 15) is 18.8 Å². The van der Waals surface area contributed by atoms with Crippen LogP contribution in [0.3, 0.4) is 0 Å². The first-order valence-corrected chi connectivity index (χ1v) is 10.6. The average molecular weight is 492 g/mol. The molecule has 1 N–H and O–H groups in total. The summed E-state index contributed by atoms with van der Waals surface area (Å²) >= 11 is 12.7. The van der Waals surface area contributed by atoms with Crippen LogP contribution in [-0.4, -0.2) is 27.1 Å². The van der Waals surface area contributed by atoms with Gasteiger partial charge in [-0.3, -0.25) is 14.5 Å². The van der Waals surface area contributed by atoms with E-state index in [0.29, 0.717) is 28.8 Å². The van der Waals surface area contributed by atoms with E-state index < -0.39 is 22.9 Å². The second kappa shape index (κ2) is 8.82. The van der Waals surface area contributed by atoms with Crippen molar-refractivity contribution in [3.63, 3.8) is 0 Å². The number of halogens is 3. The van der Waals surface area contributed by atoms with E-state index >= 15 is 0 Å². The summed E-state index contributed by atoms with van der Waals surface area (Å²) in [4.78, 5) is 37.2. The molecule has 3 aromatic rings. The molecule has 1 aromatic heterocycles. The maximum atomic E-state index is 14.1. The molecule has 1 saturated heterocycles. The molecule has 6 nitrogen and oxygen atoms in total. The van der Waals surface area contributed by atoms with Crippen LogP contribution < -0.4 is 0 Å². The molecule has 0 saturated carbocycles. The lowest BCUT2D eigenvalue weighted by Crippen LogP contribution is -2.28. The van der Waals surface area contributed by atoms with Gasteiger partial charge in [-0.25, -0.2) is 9.18 Å². The quantitative estimate of drug-likeness (QED) is 0.419. The lowest BCUT2D eigenvalue weighted by atomic mass is 10.1. The number of benzene rings is 2. The first kappa shape index (κ1) is 22.1. The number of carbonyl (C=O) groups is 3. The van der Waals surface area contributed by atoms with Gasteiger partial charge in [-0.2, -0.15) is 0 Å². The Kier molecular flexibility index (Phi) is 6.10. The molecule has 10 heteroatoms. The van der Waals surface area contributed by atoms with Crippen molar-refractivity contribution in [2.75, 3.05) is 0 Å². The predicted molar refractivity (Wildman–Crippen MR) is 119 cm³/mol. The smallest absolute Gasteiger partial charge is 0.337 e. The van der Waals surface area contributed by atoms with Crippen LogP contribution in [0.5, 0.6) is 0 Å². The summed E-state index contributed by atoms with van der Waals surface area (Å²) in [6.07, 6.45) is 1.41. The molecule has 0 bridgehead atoms. The number of aromatic carboxylic acids is 1. The Morgan fingerprint density at radius 2 is 1.91 bits per heavy atom. The third kappa shape index (κ3) is 4.29. The standard InChI is InChI=1S/C22H12Cl2FNO5S/c23-15-2-1-3-17(25)14(15)10-26-20(27)19(32-22(26)30)9-12-5-7-18(31-12)11-4-6-13(21(28)29)16(24)8-11/h1-9H,10H2,(H,28,29)/b19-9-. The fourth-order valence-electron chi connectivity index (χ4n) is 3.03.